The average Bonchev–Trinajstić information content (AvgIpc) is 2.27. The zero-order chi connectivity index (χ0) is 13.1. The molecule has 0 radical (unpaired) electrons. The highest BCUT2D eigenvalue weighted by Gasteiger charge is 2.17. The van der Waals surface area contributed by atoms with Crippen LogP contribution in [0, 0.1) is 11.2 Å². The molecule has 4 heteroatoms. The quantitative estimate of drug-likeness (QED) is 0.828. The maximum Gasteiger partial charge on any atom is 0.337 e. The van der Waals surface area contributed by atoms with Crippen LogP contribution in [0.25, 0.3) is 0 Å². The van der Waals surface area contributed by atoms with Gasteiger partial charge in [0.25, 0.3) is 0 Å². The van der Waals surface area contributed by atoms with Gasteiger partial charge in [0, 0.05) is 12.2 Å². The summed E-state index contributed by atoms with van der Waals surface area (Å²) in [6.45, 7) is 6.90. The van der Waals surface area contributed by atoms with Gasteiger partial charge < -0.3 is 10.4 Å². The Balaban J connectivity index is 2.88. The second-order valence-corrected chi connectivity index (χ2v) is 4.87. The van der Waals surface area contributed by atoms with E-state index in [2.05, 4.69) is 26.1 Å². The van der Waals surface area contributed by atoms with Crippen LogP contribution in [0.1, 0.15) is 37.6 Å². The Morgan fingerprint density at radius 3 is 2.65 bits per heavy atom. The second kappa shape index (κ2) is 5.17. The average molecular weight is 239 g/mol. The van der Waals surface area contributed by atoms with Gasteiger partial charge in [-0.3, -0.25) is 0 Å². The molecule has 0 unspecified atom stereocenters. The summed E-state index contributed by atoms with van der Waals surface area (Å²) in [4.78, 5) is 11.0. The monoisotopic (exact) mass is 239 g/mol. The van der Waals surface area contributed by atoms with E-state index >= 15 is 0 Å². The first-order chi connectivity index (χ1) is 7.85. The highest BCUT2D eigenvalue weighted by molar-refractivity contribution is 5.94. The number of carboxylic acids is 1. The smallest absolute Gasteiger partial charge is 0.337 e. The molecule has 0 heterocycles. The summed E-state index contributed by atoms with van der Waals surface area (Å²) >= 11 is 0. The lowest BCUT2D eigenvalue weighted by Crippen LogP contribution is -2.23. The third-order valence-electron chi connectivity index (χ3n) is 2.93. The Bertz CT molecular complexity index is 416. The molecular formula is C13H18FNO2. The highest BCUT2D eigenvalue weighted by atomic mass is 19.1. The topological polar surface area (TPSA) is 49.3 Å². The van der Waals surface area contributed by atoms with Gasteiger partial charge in [-0.05, 0) is 30.0 Å². The molecule has 0 atom stereocenters. The fourth-order valence-electron chi connectivity index (χ4n) is 1.31. The third kappa shape index (κ3) is 3.73. The Labute approximate surface area is 101 Å². The van der Waals surface area contributed by atoms with Gasteiger partial charge in [0.15, 0.2) is 0 Å². The van der Waals surface area contributed by atoms with Crippen molar-refractivity contribution in [2.45, 2.75) is 27.2 Å². The minimum absolute atomic E-state index is 0.0306. The Morgan fingerprint density at radius 1 is 1.47 bits per heavy atom. The van der Waals surface area contributed by atoms with Gasteiger partial charge in [-0.2, -0.15) is 0 Å². The molecule has 0 aliphatic carbocycles. The molecule has 0 saturated heterocycles. The van der Waals surface area contributed by atoms with E-state index in [0.717, 1.165) is 12.5 Å². The first-order valence-corrected chi connectivity index (χ1v) is 5.62. The minimum atomic E-state index is -1.12. The number of nitrogens with one attached hydrogen (secondary N) is 1. The van der Waals surface area contributed by atoms with Crippen LogP contribution in [0.3, 0.4) is 0 Å². The molecule has 2 N–H and O–H groups in total. The van der Waals surface area contributed by atoms with E-state index in [9.17, 15) is 9.18 Å². The van der Waals surface area contributed by atoms with Gasteiger partial charge >= 0.3 is 5.97 Å². The summed E-state index contributed by atoms with van der Waals surface area (Å²) in [7, 11) is 0. The van der Waals surface area contributed by atoms with E-state index in [1.807, 2.05) is 0 Å². The van der Waals surface area contributed by atoms with E-state index in [1.165, 1.54) is 12.1 Å². The maximum atomic E-state index is 13.0. The number of anilines is 1. The predicted molar refractivity (Wildman–Crippen MR) is 65.9 cm³/mol. The lowest BCUT2D eigenvalue weighted by molar-refractivity contribution is 0.0697. The van der Waals surface area contributed by atoms with Crippen LogP contribution in [0.4, 0.5) is 10.1 Å². The molecule has 94 valence electrons. The van der Waals surface area contributed by atoms with Crippen LogP contribution in [0.2, 0.25) is 0 Å². The highest BCUT2D eigenvalue weighted by Crippen LogP contribution is 2.23. The molecular weight excluding hydrogens is 221 g/mol. The predicted octanol–water partition coefficient (Wildman–Crippen LogP) is 3.37. The van der Waals surface area contributed by atoms with Crippen LogP contribution in [0.15, 0.2) is 18.2 Å². The summed E-state index contributed by atoms with van der Waals surface area (Å²) in [6, 6.07) is 3.75. The van der Waals surface area contributed by atoms with Crippen LogP contribution in [0.5, 0.6) is 0 Å². The zero-order valence-electron chi connectivity index (χ0n) is 10.4. The van der Waals surface area contributed by atoms with Gasteiger partial charge in [0.2, 0.25) is 0 Å². The van der Waals surface area contributed by atoms with Crippen molar-refractivity contribution >= 4 is 11.7 Å². The number of hydrogen-bond donors (Lipinski definition) is 2. The van der Waals surface area contributed by atoms with Gasteiger partial charge in [-0.1, -0.05) is 20.8 Å². The molecule has 0 amide bonds. The molecule has 17 heavy (non-hydrogen) atoms. The van der Waals surface area contributed by atoms with Crippen molar-refractivity contribution in [3.8, 4) is 0 Å². The largest absolute Gasteiger partial charge is 0.478 e. The fourth-order valence-corrected chi connectivity index (χ4v) is 1.31. The van der Waals surface area contributed by atoms with Gasteiger partial charge in [-0.25, -0.2) is 9.18 Å². The van der Waals surface area contributed by atoms with Crippen LogP contribution < -0.4 is 5.32 Å². The summed E-state index contributed by atoms with van der Waals surface area (Å²) in [5, 5.41) is 12.0. The third-order valence-corrected chi connectivity index (χ3v) is 2.93. The minimum Gasteiger partial charge on any atom is -0.478 e. The SMILES string of the molecule is CCC(C)(C)CNc1ccc(F)cc1C(=O)O. The first kappa shape index (κ1) is 13.5. The molecule has 3 nitrogen and oxygen atoms in total. The number of rotatable bonds is 5. The zero-order valence-corrected chi connectivity index (χ0v) is 10.4. The van der Waals surface area contributed by atoms with Crippen molar-refractivity contribution in [3.63, 3.8) is 0 Å². The van der Waals surface area contributed by atoms with E-state index < -0.39 is 11.8 Å². The van der Waals surface area contributed by atoms with Crippen molar-refractivity contribution in [2.75, 3.05) is 11.9 Å². The van der Waals surface area contributed by atoms with E-state index in [-0.39, 0.29) is 11.0 Å². The summed E-state index contributed by atoms with van der Waals surface area (Å²) in [5.74, 6) is -1.66. The fraction of sp³-hybridized carbons (Fsp3) is 0.462. The van der Waals surface area contributed by atoms with Crippen LogP contribution >= 0.6 is 0 Å². The summed E-state index contributed by atoms with van der Waals surface area (Å²) < 4.78 is 13.0. The number of benzene rings is 1. The molecule has 1 aromatic carbocycles. The second-order valence-electron chi connectivity index (χ2n) is 4.87. The standard InChI is InChI=1S/C13H18FNO2/c1-4-13(2,3)8-15-11-6-5-9(14)7-10(11)12(16)17/h5-7,15H,4,8H2,1-3H3,(H,16,17). The number of carboxylic acid groups (broad SMARTS) is 1. The van der Waals surface area contributed by atoms with E-state index in [0.29, 0.717) is 12.2 Å². The number of aromatic carboxylic acids is 1. The molecule has 0 spiro atoms. The molecule has 0 aliphatic rings. The van der Waals surface area contributed by atoms with Crippen molar-refractivity contribution in [3.05, 3.63) is 29.6 Å². The number of halogens is 1. The Morgan fingerprint density at radius 2 is 2.12 bits per heavy atom. The van der Waals surface area contributed by atoms with Crippen LogP contribution in [-0.2, 0) is 0 Å². The van der Waals surface area contributed by atoms with Crippen molar-refractivity contribution < 1.29 is 14.3 Å². The van der Waals surface area contributed by atoms with E-state index in [4.69, 9.17) is 5.11 Å². The van der Waals surface area contributed by atoms with Gasteiger partial charge in [0.1, 0.15) is 5.82 Å². The van der Waals surface area contributed by atoms with Gasteiger partial charge in [0.05, 0.1) is 5.56 Å². The van der Waals surface area contributed by atoms with Crippen molar-refractivity contribution in [1.82, 2.24) is 0 Å². The molecule has 0 saturated carbocycles. The molecule has 0 aromatic heterocycles. The first-order valence-electron chi connectivity index (χ1n) is 5.62. The Hall–Kier alpha value is -1.58. The summed E-state index contributed by atoms with van der Waals surface area (Å²) in [5.41, 5.74) is 0.502. The Kier molecular flexibility index (Phi) is 4.10. The number of hydrogen-bond acceptors (Lipinski definition) is 2. The molecule has 0 aliphatic heterocycles. The molecule has 1 rings (SSSR count). The molecule has 1 aromatic rings. The number of carbonyl (C=O) groups is 1. The lowest BCUT2D eigenvalue weighted by Gasteiger charge is -2.24. The lowest BCUT2D eigenvalue weighted by atomic mass is 9.90. The molecule has 0 fully saturated rings. The van der Waals surface area contributed by atoms with Crippen molar-refractivity contribution in [2.24, 2.45) is 5.41 Å². The molecule has 0 bridgehead atoms. The van der Waals surface area contributed by atoms with Crippen LogP contribution in [-0.4, -0.2) is 17.6 Å². The van der Waals surface area contributed by atoms with E-state index in [1.54, 1.807) is 0 Å². The normalized spacial score (nSPS) is 11.3. The van der Waals surface area contributed by atoms with Crippen molar-refractivity contribution in [1.29, 1.82) is 0 Å². The maximum absolute atomic E-state index is 13.0. The van der Waals surface area contributed by atoms with Gasteiger partial charge in [-0.15, -0.1) is 0 Å². The summed E-state index contributed by atoms with van der Waals surface area (Å²) in [6.07, 6.45) is 0.976.